The molecule has 0 spiro atoms. The first-order valence-corrected chi connectivity index (χ1v) is 8.69. The van der Waals surface area contributed by atoms with Gasteiger partial charge in [-0.3, -0.25) is 10.0 Å². The first-order chi connectivity index (χ1) is 11.6. The number of nitrogens with one attached hydrogen (secondary N) is 1. The zero-order chi connectivity index (χ0) is 17.1. The maximum atomic E-state index is 11.5. The number of hydrogen-bond acceptors (Lipinski definition) is 3. The minimum atomic E-state index is -0.595. The molecule has 0 saturated heterocycles. The topological polar surface area (TPSA) is 67.2 Å². The van der Waals surface area contributed by atoms with Gasteiger partial charge in [-0.05, 0) is 30.0 Å². The van der Waals surface area contributed by atoms with E-state index >= 15 is 0 Å². The Balaban J connectivity index is 1.78. The van der Waals surface area contributed by atoms with Crippen molar-refractivity contribution in [1.29, 1.82) is 0 Å². The molecule has 1 aliphatic rings. The summed E-state index contributed by atoms with van der Waals surface area (Å²) in [6.45, 7) is 3.72. The van der Waals surface area contributed by atoms with Gasteiger partial charge in [0, 0.05) is 19.0 Å². The molecule has 1 aliphatic carbocycles. The Morgan fingerprint density at radius 2 is 2.12 bits per heavy atom. The summed E-state index contributed by atoms with van der Waals surface area (Å²) in [5.74, 6) is 1.33. The van der Waals surface area contributed by atoms with Crippen LogP contribution in [-0.4, -0.2) is 20.7 Å². The molecule has 5 heteroatoms. The van der Waals surface area contributed by atoms with E-state index < -0.39 is 5.91 Å². The molecule has 1 saturated carbocycles. The molecule has 3 rings (SSSR count). The lowest BCUT2D eigenvalue weighted by Crippen LogP contribution is -2.19. The minimum Gasteiger partial charge on any atom is -0.331 e. The second-order valence-corrected chi connectivity index (χ2v) is 6.75. The average Bonchev–Trinajstić information content (AvgIpc) is 2.94. The lowest BCUT2D eigenvalue weighted by Gasteiger charge is -2.21. The van der Waals surface area contributed by atoms with E-state index in [1.807, 2.05) is 25.2 Å². The van der Waals surface area contributed by atoms with E-state index in [0.717, 1.165) is 29.2 Å². The molecule has 1 aromatic carbocycles. The highest BCUT2D eigenvalue weighted by molar-refractivity contribution is 6.18. The van der Waals surface area contributed by atoms with Gasteiger partial charge in [0.2, 0.25) is 0 Å². The number of hydroxylamine groups is 1. The van der Waals surface area contributed by atoms with E-state index in [2.05, 4.69) is 11.1 Å². The first kappa shape index (κ1) is 16.7. The van der Waals surface area contributed by atoms with Crippen LogP contribution in [0.15, 0.2) is 24.8 Å². The van der Waals surface area contributed by atoms with E-state index in [9.17, 15) is 4.79 Å². The smallest absolute Gasteiger partial charge is 0.274 e. The molecule has 1 heterocycles. The van der Waals surface area contributed by atoms with Crippen LogP contribution in [0.1, 0.15) is 49.9 Å². The second kappa shape index (κ2) is 7.18. The summed E-state index contributed by atoms with van der Waals surface area (Å²) in [6, 6.07) is 5.65. The Morgan fingerprint density at radius 3 is 2.83 bits per heavy atom. The zero-order valence-corrected chi connectivity index (χ0v) is 14.2. The van der Waals surface area contributed by atoms with E-state index in [1.54, 1.807) is 5.48 Å². The molecule has 0 aliphatic heterocycles. The predicted octanol–water partition coefficient (Wildman–Crippen LogP) is 3.60. The fourth-order valence-electron chi connectivity index (χ4n) is 3.67. The van der Waals surface area contributed by atoms with Crippen molar-refractivity contribution in [3.8, 4) is 0 Å². The number of nitrogens with zero attached hydrogens (tertiary/aromatic N) is 2. The quantitative estimate of drug-likeness (QED) is 0.501. The molecule has 2 N–H and O–H groups in total. The number of imidazole rings is 1. The van der Waals surface area contributed by atoms with Crippen LogP contribution in [-0.2, 0) is 18.3 Å². The van der Waals surface area contributed by atoms with Crippen LogP contribution in [0.25, 0.3) is 16.6 Å². The third kappa shape index (κ3) is 3.36. The Bertz CT molecular complexity index is 757. The van der Waals surface area contributed by atoms with Crippen molar-refractivity contribution in [2.24, 2.45) is 13.0 Å². The predicted molar refractivity (Wildman–Crippen MR) is 94.6 cm³/mol. The van der Waals surface area contributed by atoms with Gasteiger partial charge in [0.25, 0.3) is 5.91 Å². The van der Waals surface area contributed by atoms with E-state index in [0.29, 0.717) is 5.56 Å². The molecule has 128 valence electrons. The molecule has 1 fully saturated rings. The maximum Gasteiger partial charge on any atom is 0.274 e. The van der Waals surface area contributed by atoms with Gasteiger partial charge >= 0.3 is 0 Å². The van der Waals surface area contributed by atoms with E-state index in [1.165, 1.54) is 38.5 Å². The third-order valence-corrected chi connectivity index (χ3v) is 5.20. The van der Waals surface area contributed by atoms with Crippen LogP contribution in [0.2, 0.25) is 0 Å². The van der Waals surface area contributed by atoms with Crippen LogP contribution in [0.4, 0.5) is 0 Å². The lowest BCUT2D eigenvalue weighted by atomic mass is 9.86. The van der Waals surface area contributed by atoms with Crippen LogP contribution >= 0.6 is 0 Å². The molecule has 1 aromatic heterocycles. The van der Waals surface area contributed by atoms with Gasteiger partial charge in [-0.25, -0.2) is 10.5 Å². The normalized spacial score (nSPS) is 15.6. The molecule has 24 heavy (non-hydrogen) atoms. The van der Waals surface area contributed by atoms with E-state index in [-0.39, 0.29) is 5.57 Å². The summed E-state index contributed by atoms with van der Waals surface area (Å²) >= 11 is 0. The van der Waals surface area contributed by atoms with Gasteiger partial charge in [0.15, 0.2) is 0 Å². The molecule has 0 atom stereocenters. The number of fused-ring (bicyclic) bond motifs is 1. The number of amides is 1. The zero-order valence-electron chi connectivity index (χ0n) is 14.2. The first-order valence-electron chi connectivity index (χ1n) is 8.69. The molecular formula is C19H25N3O2. The van der Waals surface area contributed by atoms with Crippen LogP contribution in [0, 0.1) is 5.92 Å². The van der Waals surface area contributed by atoms with Gasteiger partial charge < -0.3 is 4.57 Å². The van der Waals surface area contributed by atoms with Crippen molar-refractivity contribution in [3.63, 3.8) is 0 Å². The third-order valence-electron chi connectivity index (χ3n) is 5.20. The lowest BCUT2D eigenvalue weighted by molar-refractivity contribution is -0.123. The highest BCUT2D eigenvalue weighted by Crippen LogP contribution is 2.28. The largest absolute Gasteiger partial charge is 0.331 e. The summed E-state index contributed by atoms with van der Waals surface area (Å²) in [5.41, 5.74) is 4.44. The van der Waals surface area contributed by atoms with Gasteiger partial charge in [0.05, 0.1) is 11.0 Å². The fourth-order valence-corrected chi connectivity index (χ4v) is 3.67. The molecule has 2 aromatic rings. The standard InChI is InChI=1S/C19H25N3O2/c1-13(19(23)21-24)15-9-10-17-16(12-15)20-18(22(17)2)11-8-14-6-4-3-5-7-14/h9-10,12,14,24H,1,3-8,11H2,2H3,(H,21,23). The van der Waals surface area contributed by atoms with Crippen LogP contribution in [0.3, 0.4) is 0 Å². The average molecular weight is 327 g/mol. The number of aromatic nitrogens is 2. The summed E-state index contributed by atoms with van der Waals surface area (Å²) < 4.78 is 2.14. The van der Waals surface area contributed by atoms with Crippen molar-refractivity contribution < 1.29 is 10.0 Å². The Kier molecular flexibility index (Phi) is 5.00. The van der Waals surface area contributed by atoms with Gasteiger partial charge in [-0.1, -0.05) is 44.7 Å². The van der Waals surface area contributed by atoms with Gasteiger partial charge in [0.1, 0.15) is 5.82 Å². The van der Waals surface area contributed by atoms with Crippen molar-refractivity contribution in [2.45, 2.75) is 44.9 Å². The number of hydrogen-bond donors (Lipinski definition) is 2. The van der Waals surface area contributed by atoms with Gasteiger partial charge in [-0.15, -0.1) is 0 Å². The summed E-state index contributed by atoms with van der Waals surface area (Å²) in [5, 5.41) is 8.74. The highest BCUT2D eigenvalue weighted by atomic mass is 16.5. The molecule has 0 radical (unpaired) electrons. The summed E-state index contributed by atoms with van der Waals surface area (Å²) in [4.78, 5) is 16.3. The van der Waals surface area contributed by atoms with Crippen molar-refractivity contribution in [1.82, 2.24) is 15.0 Å². The Labute approximate surface area is 142 Å². The molecular weight excluding hydrogens is 302 g/mol. The molecule has 0 bridgehead atoms. The van der Waals surface area contributed by atoms with Gasteiger partial charge in [-0.2, -0.15) is 0 Å². The summed E-state index contributed by atoms with van der Waals surface area (Å²) in [6.07, 6.45) is 9.01. The Hall–Kier alpha value is -2.14. The van der Waals surface area contributed by atoms with Crippen LogP contribution < -0.4 is 5.48 Å². The number of rotatable bonds is 5. The number of aryl methyl sites for hydroxylation is 2. The minimum absolute atomic E-state index is 0.230. The second-order valence-electron chi connectivity index (χ2n) is 6.75. The van der Waals surface area contributed by atoms with Crippen molar-refractivity contribution in [2.75, 3.05) is 0 Å². The highest BCUT2D eigenvalue weighted by Gasteiger charge is 2.16. The molecule has 0 unspecified atom stereocenters. The number of carbonyl (C=O) groups is 1. The Morgan fingerprint density at radius 1 is 1.38 bits per heavy atom. The SMILES string of the molecule is C=C(C(=O)NO)c1ccc2c(c1)nc(CCC1CCCCC1)n2C. The number of carbonyl (C=O) groups excluding carboxylic acids is 1. The van der Waals surface area contributed by atoms with E-state index in [4.69, 9.17) is 10.2 Å². The maximum absolute atomic E-state index is 11.5. The molecule has 1 amide bonds. The van der Waals surface area contributed by atoms with Crippen LogP contribution in [0.5, 0.6) is 0 Å². The van der Waals surface area contributed by atoms with Crippen molar-refractivity contribution >= 4 is 22.5 Å². The van der Waals surface area contributed by atoms with Crippen molar-refractivity contribution in [3.05, 3.63) is 36.2 Å². The monoisotopic (exact) mass is 327 g/mol. The number of benzene rings is 1. The fraction of sp³-hybridized carbons (Fsp3) is 0.474. The summed E-state index contributed by atoms with van der Waals surface area (Å²) in [7, 11) is 2.04. The molecule has 5 nitrogen and oxygen atoms in total.